The van der Waals surface area contributed by atoms with Crippen LogP contribution >= 0.6 is 0 Å². The lowest BCUT2D eigenvalue weighted by Gasteiger charge is -2.16. The maximum atomic E-state index is 13.3. The molecule has 0 atom stereocenters. The topological polar surface area (TPSA) is 42.0 Å². The highest BCUT2D eigenvalue weighted by Gasteiger charge is 2.44. The van der Waals surface area contributed by atoms with Crippen LogP contribution in [0.3, 0.4) is 0 Å². The van der Waals surface area contributed by atoms with E-state index in [1.54, 1.807) is 30.5 Å². The van der Waals surface area contributed by atoms with Gasteiger partial charge >= 0.3 is 0 Å². The molecule has 0 saturated heterocycles. The van der Waals surface area contributed by atoms with Crippen LogP contribution in [-0.4, -0.2) is 17.4 Å². The van der Waals surface area contributed by atoms with Gasteiger partial charge in [-0.15, -0.1) is 0 Å². The summed E-state index contributed by atoms with van der Waals surface area (Å²) in [5, 5.41) is 2.92. The molecule has 1 N–H and O–H groups in total. The number of pyridine rings is 1. The molecule has 3 rings (SSSR count). The van der Waals surface area contributed by atoms with Crippen LogP contribution in [0.2, 0.25) is 0 Å². The van der Waals surface area contributed by atoms with Crippen LogP contribution < -0.4 is 5.32 Å². The summed E-state index contributed by atoms with van der Waals surface area (Å²) in [4.78, 5) is 15.9. The molecule has 1 amide bonds. The Balaban J connectivity index is 1.68. The molecule has 1 aliphatic carbocycles. The summed E-state index contributed by atoms with van der Waals surface area (Å²) in [5.41, 5.74) is 1.41. The second-order valence-corrected chi connectivity index (χ2v) is 5.22. The first-order valence-electron chi connectivity index (χ1n) is 6.64. The second-order valence-electron chi connectivity index (χ2n) is 5.22. The molecule has 1 fully saturated rings. The van der Waals surface area contributed by atoms with Gasteiger partial charge in [-0.05, 0) is 42.7 Å². The molecular weight excluding hydrogens is 255 g/mol. The van der Waals surface area contributed by atoms with Crippen molar-refractivity contribution in [1.29, 1.82) is 0 Å². The molecule has 2 aromatic rings. The van der Waals surface area contributed by atoms with E-state index in [4.69, 9.17) is 0 Å². The highest BCUT2D eigenvalue weighted by molar-refractivity contribution is 5.93. The summed E-state index contributed by atoms with van der Waals surface area (Å²) < 4.78 is 13.3. The number of aromatic nitrogens is 1. The van der Waals surface area contributed by atoms with E-state index in [2.05, 4.69) is 10.3 Å². The molecule has 4 heteroatoms. The van der Waals surface area contributed by atoms with Crippen molar-refractivity contribution in [2.24, 2.45) is 0 Å². The van der Waals surface area contributed by atoms with Crippen molar-refractivity contribution in [1.82, 2.24) is 10.3 Å². The summed E-state index contributed by atoms with van der Waals surface area (Å²) in [5.74, 6) is -0.367. The van der Waals surface area contributed by atoms with Gasteiger partial charge in [-0.1, -0.05) is 12.1 Å². The van der Waals surface area contributed by atoms with Crippen molar-refractivity contribution in [2.45, 2.75) is 18.3 Å². The van der Waals surface area contributed by atoms with E-state index in [1.165, 1.54) is 12.3 Å². The largest absolute Gasteiger partial charge is 0.351 e. The summed E-state index contributed by atoms with van der Waals surface area (Å²) in [6, 6.07) is 10.1. The van der Waals surface area contributed by atoms with Crippen molar-refractivity contribution in [3.05, 3.63) is 65.7 Å². The van der Waals surface area contributed by atoms with Crippen molar-refractivity contribution in [3.63, 3.8) is 0 Å². The molecule has 3 nitrogen and oxygen atoms in total. The number of amides is 1. The third-order valence-corrected chi connectivity index (χ3v) is 3.80. The quantitative estimate of drug-likeness (QED) is 0.928. The highest BCUT2D eigenvalue weighted by Crippen LogP contribution is 2.47. The van der Waals surface area contributed by atoms with Gasteiger partial charge in [0, 0.05) is 24.4 Å². The molecule has 1 aromatic carbocycles. The Morgan fingerprint density at radius 3 is 2.80 bits per heavy atom. The first kappa shape index (κ1) is 12.8. The minimum Gasteiger partial charge on any atom is -0.351 e. The Bertz CT molecular complexity index is 623. The Morgan fingerprint density at radius 2 is 2.15 bits per heavy atom. The molecule has 1 aromatic heterocycles. The van der Waals surface area contributed by atoms with Crippen LogP contribution in [0.1, 0.15) is 28.8 Å². The fraction of sp³-hybridized carbons (Fsp3) is 0.250. The molecule has 20 heavy (non-hydrogen) atoms. The van der Waals surface area contributed by atoms with Gasteiger partial charge in [-0.2, -0.15) is 0 Å². The number of carbonyl (C=O) groups excluding carboxylic acids is 1. The van der Waals surface area contributed by atoms with Crippen molar-refractivity contribution >= 4 is 5.91 Å². The Morgan fingerprint density at radius 1 is 1.30 bits per heavy atom. The van der Waals surface area contributed by atoms with Gasteiger partial charge in [0.25, 0.3) is 5.91 Å². The maximum absolute atomic E-state index is 13.3. The van der Waals surface area contributed by atoms with Gasteiger partial charge in [0.2, 0.25) is 0 Å². The zero-order valence-corrected chi connectivity index (χ0v) is 11.0. The van der Waals surface area contributed by atoms with Crippen LogP contribution in [0.25, 0.3) is 0 Å². The monoisotopic (exact) mass is 270 g/mol. The van der Waals surface area contributed by atoms with E-state index in [9.17, 15) is 9.18 Å². The summed E-state index contributed by atoms with van der Waals surface area (Å²) in [6.45, 7) is 0.532. The lowest BCUT2D eigenvalue weighted by Crippen LogP contribution is -2.32. The molecular formula is C16H15FN2O. The lowest BCUT2D eigenvalue weighted by molar-refractivity contribution is 0.0949. The number of hydrogen-bond acceptors (Lipinski definition) is 2. The van der Waals surface area contributed by atoms with Crippen LogP contribution in [0.5, 0.6) is 0 Å². The maximum Gasteiger partial charge on any atom is 0.252 e. The van der Waals surface area contributed by atoms with Crippen LogP contribution in [0.15, 0.2) is 48.8 Å². The zero-order valence-electron chi connectivity index (χ0n) is 11.0. The number of halogens is 1. The second kappa shape index (κ2) is 5.04. The van der Waals surface area contributed by atoms with Crippen molar-refractivity contribution in [2.75, 3.05) is 6.54 Å². The van der Waals surface area contributed by atoms with E-state index >= 15 is 0 Å². The van der Waals surface area contributed by atoms with E-state index in [0.717, 1.165) is 18.4 Å². The lowest BCUT2D eigenvalue weighted by atomic mass is 9.96. The minimum atomic E-state index is -0.229. The molecule has 0 spiro atoms. The predicted molar refractivity (Wildman–Crippen MR) is 73.9 cm³/mol. The first-order chi connectivity index (χ1) is 9.70. The van der Waals surface area contributed by atoms with E-state index in [-0.39, 0.29) is 17.1 Å². The molecule has 0 unspecified atom stereocenters. The number of hydrogen-bond donors (Lipinski definition) is 1. The standard InChI is InChI=1S/C16H15FN2O/c17-14-5-1-4-13(9-14)16(6-7-16)11-19-15(20)12-3-2-8-18-10-12/h1-5,8-10H,6-7,11H2,(H,19,20). The van der Waals surface area contributed by atoms with E-state index < -0.39 is 0 Å². The average Bonchev–Trinajstić information content (AvgIpc) is 3.27. The Labute approximate surface area is 116 Å². The van der Waals surface area contributed by atoms with Gasteiger partial charge in [-0.25, -0.2) is 4.39 Å². The van der Waals surface area contributed by atoms with Gasteiger partial charge in [-0.3, -0.25) is 9.78 Å². The zero-order chi connectivity index (χ0) is 14.0. The molecule has 0 bridgehead atoms. The minimum absolute atomic E-state index is 0.0973. The molecule has 1 aliphatic rings. The molecule has 0 aliphatic heterocycles. The highest BCUT2D eigenvalue weighted by atomic mass is 19.1. The number of carbonyl (C=O) groups is 1. The Kier molecular flexibility index (Phi) is 3.22. The van der Waals surface area contributed by atoms with Crippen LogP contribution in [-0.2, 0) is 5.41 Å². The first-order valence-corrected chi connectivity index (χ1v) is 6.64. The summed E-state index contributed by atoms with van der Waals surface area (Å²) >= 11 is 0. The van der Waals surface area contributed by atoms with Gasteiger partial charge in [0.05, 0.1) is 5.56 Å². The average molecular weight is 270 g/mol. The number of rotatable bonds is 4. The number of nitrogens with zero attached hydrogens (tertiary/aromatic N) is 1. The van der Waals surface area contributed by atoms with E-state index in [1.807, 2.05) is 6.07 Å². The third-order valence-electron chi connectivity index (χ3n) is 3.80. The number of benzene rings is 1. The summed E-state index contributed by atoms with van der Waals surface area (Å²) in [6.07, 6.45) is 5.12. The molecule has 0 radical (unpaired) electrons. The molecule has 1 saturated carbocycles. The van der Waals surface area contributed by atoms with E-state index in [0.29, 0.717) is 12.1 Å². The van der Waals surface area contributed by atoms with Crippen molar-refractivity contribution in [3.8, 4) is 0 Å². The fourth-order valence-electron chi connectivity index (χ4n) is 2.39. The van der Waals surface area contributed by atoms with Gasteiger partial charge in [0.15, 0.2) is 0 Å². The van der Waals surface area contributed by atoms with Crippen LogP contribution in [0, 0.1) is 5.82 Å². The Hall–Kier alpha value is -2.23. The normalized spacial score (nSPS) is 15.7. The number of nitrogens with one attached hydrogen (secondary N) is 1. The smallest absolute Gasteiger partial charge is 0.252 e. The fourth-order valence-corrected chi connectivity index (χ4v) is 2.39. The molecule has 102 valence electrons. The SMILES string of the molecule is O=C(NCC1(c2cccc(F)c2)CC1)c1cccnc1. The van der Waals surface area contributed by atoms with Gasteiger partial charge < -0.3 is 5.32 Å². The third kappa shape index (κ3) is 2.54. The van der Waals surface area contributed by atoms with Crippen molar-refractivity contribution < 1.29 is 9.18 Å². The molecule has 1 heterocycles. The summed E-state index contributed by atoms with van der Waals surface area (Å²) in [7, 11) is 0. The van der Waals surface area contributed by atoms with Crippen LogP contribution in [0.4, 0.5) is 4.39 Å². The van der Waals surface area contributed by atoms with Gasteiger partial charge in [0.1, 0.15) is 5.82 Å². The predicted octanol–water partition coefficient (Wildman–Crippen LogP) is 2.68.